The predicted molar refractivity (Wildman–Crippen MR) is 140 cm³/mol. The lowest BCUT2D eigenvalue weighted by Crippen LogP contribution is -2.47. The molecule has 0 amide bonds. The predicted octanol–water partition coefficient (Wildman–Crippen LogP) is 5.45. The van der Waals surface area contributed by atoms with Crippen molar-refractivity contribution in [2.75, 3.05) is 51.2 Å². The second-order valence-electron chi connectivity index (χ2n) is 9.46. The zero-order valence-electron chi connectivity index (χ0n) is 20.3. The van der Waals surface area contributed by atoms with Crippen LogP contribution in [0, 0.1) is 6.92 Å². The van der Waals surface area contributed by atoms with E-state index in [2.05, 4.69) is 107 Å². The lowest BCUT2D eigenvalue weighted by atomic mass is 10.0. The number of hydrogen-bond donors (Lipinski definition) is 0. The highest BCUT2D eigenvalue weighted by molar-refractivity contribution is 5.95. The van der Waals surface area contributed by atoms with E-state index in [1.54, 1.807) is 0 Å². The van der Waals surface area contributed by atoms with Crippen molar-refractivity contribution in [1.29, 1.82) is 0 Å². The Morgan fingerprint density at radius 3 is 2.50 bits per heavy atom. The quantitative estimate of drug-likeness (QED) is 0.354. The number of benzene rings is 3. The van der Waals surface area contributed by atoms with E-state index >= 15 is 0 Å². The molecule has 0 radical (unpaired) electrons. The van der Waals surface area contributed by atoms with Crippen molar-refractivity contribution >= 4 is 16.5 Å². The summed E-state index contributed by atoms with van der Waals surface area (Å²) in [6.07, 6.45) is 1.16. The molecule has 1 saturated heterocycles. The normalized spacial score (nSPS) is 14.9. The summed E-state index contributed by atoms with van der Waals surface area (Å²) in [7, 11) is 2.16. The summed E-state index contributed by atoms with van der Waals surface area (Å²) in [4.78, 5) is 7.42. The molecule has 0 saturated carbocycles. The molecule has 1 fully saturated rings. The second-order valence-corrected chi connectivity index (χ2v) is 9.46. The average Bonchev–Trinajstić information content (AvgIpc) is 3.33. The molecule has 5 heteroatoms. The lowest BCUT2D eigenvalue weighted by molar-refractivity contribution is 0.223. The molecule has 0 aliphatic carbocycles. The molecule has 0 atom stereocenters. The summed E-state index contributed by atoms with van der Waals surface area (Å²) in [6, 6.07) is 25.7. The van der Waals surface area contributed by atoms with Crippen LogP contribution < -0.4 is 4.90 Å². The van der Waals surface area contributed by atoms with Gasteiger partial charge in [0.25, 0.3) is 0 Å². The van der Waals surface area contributed by atoms with Gasteiger partial charge in [-0.2, -0.15) is 0 Å². The van der Waals surface area contributed by atoms with Crippen LogP contribution in [-0.4, -0.2) is 61.3 Å². The number of nitrogens with zero attached hydrogens (tertiary/aromatic N) is 4. The monoisotopic (exact) mass is 454 g/mol. The van der Waals surface area contributed by atoms with Crippen LogP contribution in [0.2, 0.25) is 0 Å². The van der Waals surface area contributed by atoms with Gasteiger partial charge in [0.15, 0.2) is 5.76 Å². The number of hydrogen-bond acceptors (Lipinski definition) is 5. The first-order valence-corrected chi connectivity index (χ1v) is 12.3. The van der Waals surface area contributed by atoms with E-state index in [-0.39, 0.29) is 0 Å². The van der Waals surface area contributed by atoms with Crippen molar-refractivity contribution < 1.29 is 4.52 Å². The molecule has 1 aliphatic rings. The molecule has 1 aliphatic heterocycles. The zero-order chi connectivity index (χ0) is 23.3. The Morgan fingerprint density at radius 2 is 1.68 bits per heavy atom. The molecule has 34 heavy (non-hydrogen) atoms. The van der Waals surface area contributed by atoms with Crippen LogP contribution in [0.15, 0.2) is 77.3 Å². The Hall–Kier alpha value is -3.15. The van der Waals surface area contributed by atoms with Crippen LogP contribution in [0.4, 0.5) is 5.69 Å². The van der Waals surface area contributed by atoms with Gasteiger partial charge in [0.05, 0.1) is 6.54 Å². The third-order valence-electron chi connectivity index (χ3n) is 6.84. The maximum Gasteiger partial charge on any atom is 0.151 e. The fourth-order valence-corrected chi connectivity index (χ4v) is 4.86. The van der Waals surface area contributed by atoms with E-state index in [0.717, 1.165) is 69.3 Å². The van der Waals surface area contributed by atoms with Crippen LogP contribution in [-0.2, 0) is 6.54 Å². The van der Waals surface area contributed by atoms with Gasteiger partial charge in [-0.15, -0.1) is 0 Å². The highest BCUT2D eigenvalue weighted by Gasteiger charge is 2.17. The van der Waals surface area contributed by atoms with Gasteiger partial charge in [0, 0.05) is 43.5 Å². The molecule has 5 rings (SSSR count). The highest BCUT2D eigenvalue weighted by Crippen LogP contribution is 2.28. The van der Waals surface area contributed by atoms with Crippen LogP contribution >= 0.6 is 0 Å². The Balaban J connectivity index is 1.08. The van der Waals surface area contributed by atoms with Gasteiger partial charge in [0.1, 0.15) is 5.69 Å². The van der Waals surface area contributed by atoms with Gasteiger partial charge in [-0.1, -0.05) is 65.3 Å². The smallest absolute Gasteiger partial charge is 0.151 e. The molecular weight excluding hydrogens is 420 g/mol. The van der Waals surface area contributed by atoms with E-state index in [4.69, 9.17) is 4.52 Å². The minimum absolute atomic E-state index is 0.777. The van der Waals surface area contributed by atoms with Gasteiger partial charge >= 0.3 is 0 Å². The molecule has 2 heterocycles. The summed E-state index contributed by atoms with van der Waals surface area (Å²) in [5.41, 5.74) is 4.70. The van der Waals surface area contributed by atoms with Crippen LogP contribution in [0.25, 0.3) is 22.0 Å². The van der Waals surface area contributed by atoms with E-state index in [1.165, 1.54) is 22.0 Å². The van der Waals surface area contributed by atoms with Gasteiger partial charge in [0.2, 0.25) is 0 Å². The van der Waals surface area contributed by atoms with E-state index in [9.17, 15) is 0 Å². The molecule has 3 aromatic carbocycles. The van der Waals surface area contributed by atoms with Crippen molar-refractivity contribution in [3.8, 4) is 11.3 Å². The third kappa shape index (κ3) is 5.32. The summed E-state index contributed by atoms with van der Waals surface area (Å²) in [6.45, 7) is 9.58. The fourth-order valence-electron chi connectivity index (χ4n) is 4.86. The second kappa shape index (κ2) is 10.4. The largest absolute Gasteiger partial charge is 0.369 e. The first-order valence-electron chi connectivity index (χ1n) is 12.3. The van der Waals surface area contributed by atoms with Crippen molar-refractivity contribution in [1.82, 2.24) is 15.0 Å². The summed E-state index contributed by atoms with van der Waals surface area (Å²) >= 11 is 0. The molecule has 4 aromatic rings. The first kappa shape index (κ1) is 22.6. The number of aromatic nitrogens is 1. The van der Waals surface area contributed by atoms with E-state index in [1.807, 2.05) is 0 Å². The Bertz CT molecular complexity index is 1200. The van der Waals surface area contributed by atoms with Crippen LogP contribution in [0.3, 0.4) is 0 Å². The third-order valence-corrected chi connectivity index (χ3v) is 6.84. The molecular formula is C29H34N4O. The average molecular weight is 455 g/mol. The Morgan fingerprint density at radius 1 is 0.912 bits per heavy atom. The van der Waals surface area contributed by atoms with Crippen molar-refractivity contribution in [3.05, 3.63) is 84.1 Å². The molecule has 1 aromatic heterocycles. The number of rotatable bonds is 8. The van der Waals surface area contributed by atoms with E-state index < -0.39 is 0 Å². The van der Waals surface area contributed by atoms with Crippen LogP contribution in [0.1, 0.15) is 17.7 Å². The Labute approximate surface area is 202 Å². The summed E-state index contributed by atoms with van der Waals surface area (Å²) in [5, 5.41) is 6.80. The van der Waals surface area contributed by atoms with Crippen molar-refractivity contribution in [2.45, 2.75) is 19.9 Å². The minimum Gasteiger partial charge on any atom is -0.369 e. The van der Waals surface area contributed by atoms with Gasteiger partial charge < -0.3 is 9.42 Å². The fraction of sp³-hybridized carbons (Fsp3) is 0.345. The molecule has 0 spiro atoms. The van der Waals surface area contributed by atoms with Gasteiger partial charge in [-0.25, -0.2) is 0 Å². The zero-order valence-corrected chi connectivity index (χ0v) is 20.3. The number of piperazine rings is 1. The van der Waals surface area contributed by atoms with Crippen molar-refractivity contribution in [3.63, 3.8) is 0 Å². The number of anilines is 1. The van der Waals surface area contributed by atoms with Gasteiger partial charge in [-0.3, -0.25) is 9.80 Å². The van der Waals surface area contributed by atoms with Crippen LogP contribution in [0.5, 0.6) is 0 Å². The molecule has 0 bridgehead atoms. The number of fused-ring (bicyclic) bond motifs is 1. The lowest BCUT2D eigenvalue weighted by Gasteiger charge is -2.36. The first-order chi connectivity index (χ1) is 16.7. The molecule has 0 N–H and O–H groups in total. The highest BCUT2D eigenvalue weighted by atomic mass is 16.5. The molecule has 5 nitrogen and oxygen atoms in total. The maximum absolute atomic E-state index is 5.69. The minimum atomic E-state index is 0.777. The maximum atomic E-state index is 5.69. The number of aryl methyl sites for hydroxylation is 1. The molecule has 176 valence electrons. The summed E-state index contributed by atoms with van der Waals surface area (Å²) < 4.78 is 5.69. The Kier molecular flexibility index (Phi) is 6.93. The standard InChI is InChI=1S/C29H34N4O/c1-23-11-13-25(14-12-23)33-19-17-32(18-20-33)16-6-15-31(2)22-26-21-29(30-34-26)28-10-5-8-24-7-3-4-9-27(24)28/h3-5,7-14,21H,6,15-20,22H2,1-2H3. The SMILES string of the molecule is Cc1ccc(N2CCN(CCCN(C)Cc3cc(-c4cccc5ccccc45)no3)CC2)cc1. The van der Waals surface area contributed by atoms with Crippen molar-refractivity contribution in [2.24, 2.45) is 0 Å². The van der Waals surface area contributed by atoms with E-state index in [0.29, 0.717) is 0 Å². The molecule has 0 unspecified atom stereocenters. The van der Waals surface area contributed by atoms with Gasteiger partial charge in [-0.05, 0) is 56.4 Å². The topological polar surface area (TPSA) is 35.8 Å². The summed E-state index contributed by atoms with van der Waals surface area (Å²) in [5.74, 6) is 0.914.